The van der Waals surface area contributed by atoms with E-state index in [0.717, 1.165) is 88.6 Å². The monoisotopic (exact) mass is 703 g/mol. The van der Waals surface area contributed by atoms with Crippen molar-refractivity contribution in [3.63, 3.8) is 0 Å². The van der Waals surface area contributed by atoms with Crippen LogP contribution in [-0.4, -0.2) is 0 Å². The summed E-state index contributed by atoms with van der Waals surface area (Å²) in [5, 5.41) is 6.84. The number of furan rings is 2. The topological polar surface area (TPSA) is 29.5 Å². The van der Waals surface area contributed by atoms with E-state index in [1.165, 1.54) is 16.5 Å². The molecule has 0 aliphatic heterocycles. The molecule has 0 aliphatic rings. The highest BCUT2D eigenvalue weighted by Crippen LogP contribution is 2.42. The van der Waals surface area contributed by atoms with E-state index in [2.05, 4.69) is 193 Å². The van der Waals surface area contributed by atoms with Gasteiger partial charge in [-0.05, 0) is 105 Å². The fraction of sp³-hybridized carbons (Fsp3) is 0. The maximum absolute atomic E-state index is 6.52. The van der Waals surface area contributed by atoms with Crippen molar-refractivity contribution in [1.29, 1.82) is 0 Å². The van der Waals surface area contributed by atoms with Crippen LogP contribution in [0.4, 0.5) is 17.1 Å². The Morgan fingerprint density at radius 1 is 0.309 bits per heavy atom. The van der Waals surface area contributed by atoms with Crippen LogP contribution < -0.4 is 4.90 Å². The summed E-state index contributed by atoms with van der Waals surface area (Å²) in [5.41, 5.74) is 13.8. The predicted octanol–water partition coefficient (Wildman–Crippen LogP) is 15.1. The highest BCUT2D eigenvalue weighted by Gasteiger charge is 2.18. The molecule has 0 amide bonds. The molecule has 0 spiro atoms. The van der Waals surface area contributed by atoms with E-state index in [-0.39, 0.29) is 0 Å². The Kier molecular flexibility index (Phi) is 7.17. The van der Waals surface area contributed by atoms with Gasteiger partial charge in [-0.2, -0.15) is 0 Å². The van der Waals surface area contributed by atoms with Crippen molar-refractivity contribution in [2.24, 2.45) is 0 Å². The third-order valence-corrected chi connectivity index (χ3v) is 10.9. The van der Waals surface area contributed by atoms with Gasteiger partial charge >= 0.3 is 0 Å². The smallest absolute Gasteiger partial charge is 0.143 e. The molecular formula is C52H33NO2. The number of nitrogens with zero attached hydrogens (tertiary/aromatic N) is 1. The van der Waals surface area contributed by atoms with E-state index < -0.39 is 0 Å². The third-order valence-electron chi connectivity index (χ3n) is 10.9. The van der Waals surface area contributed by atoms with Crippen molar-refractivity contribution >= 4 is 71.7 Å². The molecule has 0 N–H and O–H groups in total. The molecule has 0 unspecified atom stereocenters. The van der Waals surface area contributed by atoms with E-state index in [9.17, 15) is 0 Å². The Labute approximate surface area is 317 Å². The first-order valence-corrected chi connectivity index (χ1v) is 18.7. The van der Waals surface area contributed by atoms with Crippen molar-refractivity contribution in [1.82, 2.24) is 0 Å². The van der Waals surface area contributed by atoms with Crippen molar-refractivity contribution in [3.8, 4) is 33.4 Å². The number of benzene rings is 9. The zero-order chi connectivity index (χ0) is 36.3. The van der Waals surface area contributed by atoms with Crippen LogP contribution in [0.3, 0.4) is 0 Å². The van der Waals surface area contributed by atoms with Crippen LogP contribution in [0.5, 0.6) is 0 Å². The van der Waals surface area contributed by atoms with Crippen molar-refractivity contribution in [3.05, 3.63) is 200 Å². The Morgan fingerprint density at radius 2 is 0.927 bits per heavy atom. The third kappa shape index (κ3) is 5.28. The number of rotatable bonds is 6. The molecule has 11 aromatic rings. The average molecular weight is 704 g/mol. The number of para-hydroxylation sites is 1. The largest absolute Gasteiger partial charge is 0.456 e. The zero-order valence-electron chi connectivity index (χ0n) is 29.8. The molecule has 3 heteroatoms. The van der Waals surface area contributed by atoms with Crippen LogP contribution in [0.1, 0.15) is 0 Å². The highest BCUT2D eigenvalue weighted by atomic mass is 16.3. The van der Waals surface area contributed by atoms with Gasteiger partial charge in [0.05, 0.1) is 0 Å². The fourth-order valence-electron chi connectivity index (χ4n) is 8.20. The van der Waals surface area contributed by atoms with Gasteiger partial charge in [0.1, 0.15) is 22.3 Å². The second kappa shape index (κ2) is 12.6. The lowest BCUT2D eigenvalue weighted by molar-refractivity contribution is 0.669. The van der Waals surface area contributed by atoms with Gasteiger partial charge in [-0.25, -0.2) is 0 Å². The number of hydrogen-bond acceptors (Lipinski definition) is 3. The first-order valence-electron chi connectivity index (χ1n) is 18.7. The molecule has 0 bridgehead atoms. The average Bonchev–Trinajstić information content (AvgIpc) is 3.83. The van der Waals surface area contributed by atoms with Gasteiger partial charge in [0.25, 0.3) is 0 Å². The standard InChI is InChI=1S/C52H33NO2/c1-2-10-34(11-3-1)38-13-8-14-42(32-38)53(40-26-20-35(21-27-40)39-25-31-49-47(33-39)45-16-6-7-18-48(45)54-49)41-28-22-37(23-29-41)43-17-9-19-50-51(43)46-30-24-36-12-4-5-15-44(36)52(46)55-50/h1-33H. The molecule has 0 saturated carbocycles. The van der Waals surface area contributed by atoms with Crippen molar-refractivity contribution in [2.75, 3.05) is 4.90 Å². The number of hydrogen-bond donors (Lipinski definition) is 0. The summed E-state index contributed by atoms with van der Waals surface area (Å²) in [5.74, 6) is 0. The van der Waals surface area contributed by atoms with E-state index >= 15 is 0 Å². The maximum Gasteiger partial charge on any atom is 0.143 e. The van der Waals surface area contributed by atoms with Crippen LogP contribution >= 0.6 is 0 Å². The normalized spacial score (nSPS) is 11.6. The highest BCUT2D eigenvalue weighted by molar-refractivity contribution is 6.19. The molecule has 3 nitrogen and oxygen atoms in total. The van der Waals surface area contributed by atoms with Gasteiger partial charge < -0.3 is 13.7 Å². The predicted molar refractivity (Wildman–Crippen MR) is 229 cm³/mol. The Bertz CT molecular complexity index is 3190. The van der Waals surface area contributed by atoms with Crippen LogP contribution in [0.2, 0.25) is 0 Å². The van der Waals surface area contributed by atoms with E-state index in [4.69, 9.17) is 8.83 Å². The summed E-state index contributed by atoms with van der Waals surface area (Å²) in [6, 6.07) is 71.0. The Morgan fingerprint density at radius 3 is 1.76 bits per heavy atom. The lowest BCUT2D eigenvalue weighted by Crippen LogP contribution is -2.10. The summed E-state index contributed by atoms with van der Waals surface area (Å²) >= 11 is 0. The summed E-state index contributed by atoms with van der Waals surface area (Å²) in [6.07, 6.45) is 0. The fourth-order valence-corrected chi connectivity index (χ4v) is 8.20. The van der Waals surface area contributed by atoms with Gasteiger partial charge in [-0.15, -0.1) is 0 Å². The Hall–Kier alpha value is -7.36. The van der Waals surface area contributed by atoms with Crippen molar-refractivity contribution in [2.45, 2.75) is 0 Å². The lowest BCUT2D eigenvalue weighted by atomic mass is 9.97. The first-order chi connectivity index (χ1) is 27.2. The van der Waals surface area contributed by atoms with Crippen LogP contribution in [0.25, 0.3) is 88.0 Å². The van der Waals surface area contributed by atoms with Crippen molar-refractivity contribution < 1.29 is 8.83 Å². The van der Waals surface area contributed by atoms with Gasteiger partial charge in [-0.3, -0.25) is 0 Å². The summed E-state index contributed by atoms with van der Waals surface area (Å²) in [7, 11) is 0. The molecule has 2 aromatic heterocycles. The molecule has 258 valence electrons. The van der Waals surface area contributed by atoms with Gasteiger partial charge in [0.2, 0.25) is 0 Å². The lowest BCUT2D eigenvalue weighted by Gasteiger charge is -2.26. The van der Waals surface area contributed by atoms with E-state index in [1.807, 2.05) is 12.1 Å². The second-order valence-corrected chi connectivity index (χ2v) is 14.1. The minimum Gasteiger partial charge on any atom is -0.456 e. The Balaban J connectivity index is 1.01. The zero-order valence-corrected chi connectivity index (χ0v) is 29.8. The van der Waals surface area contributed by atoms with Crippen LogP contribution in [-0.2, 0) is 0 Å². The van der Waals surface area contributed by atoms with E-state index in [0.29, 0.717) is 0 Å². The molecule has 9 aromatic carbocycles. The first kappa shape index (κ1) is 31.2. The molecule has 55 heavy (non-hydrogen) atoms. The SMILES string of the molecule is c1ccc(-c2cccc(N(c3ccc(-c4ccc5oc6ccccc6c5c4)cc3)c3ccc(-c4cccc5oc6c7ccccc7ccc6c45)cc3)c2)cc1. The number of fused-ring (bicyclic) bond motifs is 8. The van der Waals surface area contributed by atoms with Gasteiger partial charge in [0, 0.05) is 44.0 Å². The van der Waals surface area contributed by atoms with E-state index in [1.54, 1.807) is 0 Å². The second-order valence-electron chi connectivity index (χ2n) is 14.1. The molecule has 0 fully saturated rings. The quantitative estimate of drug-likeness (QED) is 0.173. The summed E-state index contributed by atoms with van der Waals surface area (Å²) < 4.78 is 12.6. The molecule has 0 atom stereocenters. The summed E-state index contributed by atoms with van der Waals surface area (Å²) in [6.45, 7) is 0. The minimum absolute atomic E-state index is 0.896. The van der Waals surface area contributed by atoms with Crippen LogP contribution in [0.15, 0.2) is 209 Å². The molecule has 2 heterocycles. The van der Waals surface area contributed by atoms with Gasteiger partial charge in [-0.1, -0.05) is 133 Å². The van der Waals surface area contributed by atoms with Crippen LogP contribution in [0, 0.1) is 0 Å². The molecule has 0 saturated heterocycles. The molecular weight excluding hydrogens is 671 g/mol. The molecule has 0 radical (unpaired) electrons. The minimum atomic E-state index is 0.896. The molecule has 0 aliphatic carbocycles. The molecule has 11 rings (SSSR count). The summed E-state index contributed by atoms with van der Waals surface area (Å²) in [4.78, 5) is 2.34. The maximum atomic E-state index is 6.52. The number of anilines is 3. The van der Waals surface area contributed by atoms with Gasteiger partial charge in [0.15, 0.2) is 0 Å².